The Morgan fingerprint density at radius 1 is 1.22 bits per heavy atom. The van der Waals surface area contributed by atoms with Crippen LogP contribution >= 0.6 is 0 Å². The van der Waals surface area contributed by atoms with Crippen LogP contribution in [0.5, 0.6) is 0 Å². The number of hydrogen-bond acceptors (Lipinski definition) is 3. The van der Waals surface area contributed by atoms with E-state index < -0.39 is 10.2 Å². The summed E-state index contributed by atoms with van der Waals surface area (Å²) in [5.41, 5.74) is 1.83. The van der Waals surface area contributed by atoms with Gasteiger partial charge in [-0.1, -0.05) is 30.3 Å². The van der Waals surface area contributed by atoms with Crippen molar-refractivity contribution in [1.82, 2.24) is 13.3 Å². The van der Waals surface area contributed by atoms with E-state index in [9.17, 15) is 8.42 Å². The fourth-order valence-electron chi connectivity index (χ4n) is 1.56. The maximum Gasteiger partial charge on any atom is 0.308 e. The lowest BCUT2D eigenvalue weighted by atomic mass is 10.1. The van der Waals surface area contributed by atoms with Crippen molar-refractivity contribution in [3.63, 3.8) is 0 Å². The van der Waals surface area contributed by atoms with Crippen LogP contribution in [0.1, 0.15) is 11.3 Å². The van der Waals surface area contributed by atoms with E-state index in [2.05, 4.69) is 4.98 Å². The first-order chi connectivity index (χ1) is 8.50. The van der Waals surface area contributed by atoms with Gasteiger partial charge in [-0.3, -0.25) is 0 Å². The maximum absolute atomic E-state index is 11.8. The van der Waals surface area contributed by atoms with Crippen LogP contribution in [0.25, 0.3) is 0 Å². The lowest BCUT2D eigenvalue weighted by Gasteiger charge is -2.10. The van der Waals surface area contributed by atoms with Crippen molar-refractivity contribution < 1.29 is 8.42 Å². The standard InChI is InChI=1S/C12H15N3O2S/c1-14(2)18(16,17)15-9-12(13-10-15)8-11-6-4-3-5-7-11/h3-7,9-10H,8H2,1-2H3. The molecule has 6 heteroatoms. The average Bonchev–Trinajstić information content (AvgIpc) is 2.79. The summed E-state index contributed by atoms with van der Waals surface area (Å²) in [6, 6.07) is 9.81. The molecule has 0 amide bonds. The fraction of sp³-hybridized carbons (Fsp3) is 0.250. The van der Waals surface area contributed by atoms with Crippen LogP contribution in [-0.4, -0.2) is 35.8 Å². The van der Waals surface area contributed by atoms with E-state index in [0.717, 1.165) is 19.5 Å². The monoisotopic (exact) mass is 265 g/mol. The summed E-state index contributed by atoms with van der Waals surface area (Å²) < 4.78 is 26.0. The predicted octanol–water partition coefficient (Wildman–Crippen LogP) is 1.13. The Morgan fingerprint density at radius 2 is 1.89 bits per heavy atom. The molecule has 0 saturated carbocycles. The van der Waals surface area contributed by atoms with E-state index >= 15 is 0 Å². The molecule has 5 nitrogen and oxygen atoms in total. The molecule has 0 N–H and O–H groups in total. The van der Waals surface area contributed by atoms with Gasteiger partial charge in [-0.05, 0) is 5.56 Å². The van der Waals surface area contributed by atoms with Crippen molar-refractivity contribution in [3.8, 4) is 0 Å². The highest BCUT2D eigenvalue weighted by atomic mass is 32.2. The van der Waals surface area contributed by atoms with Gasteiger partial charge >= 0.3 is 10.2 Å². The summed E-state index contributed by atoms with van der Waals surface area (Å²) in [7, 11) is -0.476. The lowest BCUT2D eigenvalue weighted by Crippen LogP contribution is -2.27. The van der Waals surface area contributed by atoms with Crippen LogP contribution in [0, 0.1) is 0 Å². The molecule has 0 saturated heterocycles. The number of benzene rings is 1. The quantitative estimate of drug-likeness (QED) is 0.832. The average molecular weight is 265 g/mol. The largest absolute Gasteiger partial charge is 0.308 e. The molecule has 0 unspecified atom stereocenters. The second-order valence-corrected chi connectivity index (χ2v) is 6.20. The maximum atomic E-state index is 11.8. The Morgan fingerprint density at radius 3 is 2.50 bits per heavy atom. The van der Waals surface area contributed by atoms with Gasteiger partial charge in [-0.2, -0.15) is 12.7 Å². The van der Waals surface area contributed by atoms with Crippen LogP contribution in [0.15, 0.2) is 42.9 Å². The minimum absolute atomic E-state index is 0.622. The summed E-state index contributed by atoms with van der Waals surface area (Å²) in [6.07, 6.45) is 3.49. The highest BCUT2D eigenvalue weighted by molar-refractivity contribution is 7.87. The van der Waals surface area contributed by atoms with Crippen LogP contribution in [0.2, 0.25) is 0 Å². The van der Waals surface area contributed by atoms with E-state index in [1.54, 1.807) is 6.20 Å². The van der Waals surface area contributed by atoms with Gasteiger partial charge < -0.3 is 0 Å². The molecule has 1 heterocycles. The number of hydrogen-bond donors (Lipinski definition) is 0. The summed E-state index contributed by atoms with van der Waals surface area (Å²) in [4.78, 5) is 4.12. The second kappa shape index (κ2) is 4.91. The van der Waals surface area contributed by atoms with E-state index in [1.165, 1.54) is 20.4 Å². The van der Waals surface area contributed by atoms with Gasteiger partial charge in [0, 0.05) is 26.7 Å². The first-order valence-electron chi connectivity index (χ1n) is 5.50. The lowest BCUT2D eigenvalue weighted by molar-refractivity contribution is 0.510. The van der Waals surface area contributed by atoms with Gasteiger partial charge in [0.15, 0.2) is 0 Å². The minimum Gasteiger partial charge on any atom is -0.240 e. The first kappa shape index (κ1) is 12.8. The molecule has 0 aliphatic heterocycles. The Balaban J connectivity index is 2.22. The molecule has 18 heavy (non-hydrogen) atoms. The van der Waals surface area contributed by atoms with Crippen LogP contribution < -0.4 is 0 Å². The smallest absolute Gasteiger partial charge is 0.240 e. The van der Waals surface area contributed by atoms with Crippen molar-refractivity contribution in [3.05, 3.63) is 54.1 Å². The molecule has 0 aliphatic rings. The van der Waals surface area contributed by atoms with Crippen LogP contribution in [-0.2, 0) is 16.6 Å². The molecule has 0 spiro atoms. The minimum atomic E-state index is -3.46. The molecule has 1 aromatic heterocycles. The SMILES string of the molecule is CN(C)S(=O)(=O)n1cnc(Cc2ccccc2)c1. The summed E-state index contributed by atoms with van der Waals surface area (Å²) in [6.45, 7) is 0. The molecule has 2 aromatic rings. The zero-order valence-electron chi connectivity index (χ0n) is 10.3. The number of nitrogens with zero attached hydrogens (tertiary/aromatic N) is 3. The Bertz CT molecular complexity index is 618. The topological polar surface area (TPSA) is 55.2 Å². The summed E-state index contributed by atoms with van der Waals surface area (Å²) in [5, 5.41) is 0. The number of rotatable bonds is 4. The highest BCUT2D eigenvalue weighted by Gasteiger charge is 2.16. The third-order valence-corrected chi connectivity index (χ3v) is 4.22. The second-order valence-electron chi connectivity index (χ2n) is 4.15. The van der Waals surface area contributed by atoms with E-state index in [1.807, 2.05) is 30.3 Å². The fourth-order valence-corrected chi connectivity index (χ4v) is 2.35. The molecule has 0 aliphatic carbocycles. The molecule has 96 valence electrons. The number of imidazole rings is 1. The predicted molar refractivity (Wildman–Crippen MR) is 69.5 cm³/mol. The van der Waals surface area contributed by atoms with E-state index in [0.29, 0.717) is 6.42 Å². The third-order valence-electron chi connectivity index (χ3n) is 2.57. The van der Waals surface area contributed by atoms with Crippen molar-refractivity contribution in [2.24, 2.45) is 0 Å². The first-order valence-corrected chi connectivity index (χ1v) is 6.89. The molecule has 1 aromatic carbocycles. The molecular weight excluding hydrogens is 250 g/mol. The Kier molecular flexibility index (Phi) is 3.49. The molecule has 0 radical (unpaired) electrons. The van der Waals surface area contributed by atoms with E-state index in [-0.39, 0.29) is 0 Å². The van der Waals surface area contributed by atoms with Crippen LogP contribution in [0.3, 0.4) is 0 Å². The normalized spacial score (nSPS) is 11.9. The van der Waals surface area contributed by atoms with Gasteiger partial charge in [0.1, 0.15) is 6.33 Å². The summed E-state index contributed by atoms with van der Waals surface area (Å²) in [5.74, 6) is 0. The van der Waals surface area contributed by atoms with Crippen LogP contribution in [0.4, 0.5) is 0 Å². The van der Waals surface area contributed by atoms with E-state index in [4.69, 9.17) is 0 Å². The highest BCUT2D eigenvalue weighted by Crippen LogP contribution is 2.09. The van der Waals surface area contributed by atoms with Crippen molar-refractivity contribution in [1.29, 1.82) is 0 Å². The van der Waals surface area contributed by atoms with Gasteiger partial charge in [-0.25, -0.2) is 8.96 Å². The molecule has 0 atom stereocenters. The number of aromatic nitrogens is 2. The summed E-state index contributed by atoms with van der Waals surface area (Å²) >= 11 is 0. The van der Waals surface area contributed by atoms with Gasteiger partial charge in [-0.15, -0.1) is 0 Å². The van der Waals surface area contributed by atoms with Crippen molar-refractivity contribution >= 4 is 10.2 Å². The molecule has 0 bridgehead atoms. The Hall–Kier alpha value is -1.66. The van der Waals surface area contributed by atoms with Crippen molar-refractivity contribution in [2.45, 2.75) is 6.42 Å². The van der Waals surface area contributed by atoms with Crippen molar-refractivity contribution in [2.75, 3.05) is 14.1 Å². The Labute approximate surface area is 107 Å². The van der Waals surface area contributed by atoms with Gasteiger partial charge in [0.25, 0.3) is 0 Å². The third kappa shape index (κ3) is 2.60. The zero-order chi connectivity index (χ0) is 13.2. The molecular formula is C12H15N3O2S. The van der Waals surface area contributed by atoms with Gasteiger partial charge in [0.2, 0.25) is 0 Å². The molecule has 2 rings (SSSR count). The zero-order valence-corrected chi connectivity index (χ0v) is 11.1. The van der Waals surface area contributed by atoms with Gasteiger partial charge in [0.05, 0.1) is 5.69 Å². The molecule has 0 fully saturated rings.